The van der Waals surface area contributed by atoms with Crippen molar-refractivity contribution in [2.24, 2.45) is 5.92 Å². The minimum Gasteiger partial charge on any atom is -0.481 e. The Bertz CT molecular complexity index is 1450. The standard InChI is InChI=1S/C35H53N7O12/c1-20(2)17-24(38-26(45)10-6-5-7-15-42-28(47)12-13-29(42)48)35(54)41-16-8-9-25(41)33(52)39-23(11-14-30(49)50)32(51)40-31(22(4)44)34(53)37-19-27(46)36-18-21(3)43/h12-13,20,22-25,31,44H,5-11,14-19H2,1-4H3,(H,36,46)(H,37,53)(H,38,45)(H,39,52)(H,40,51)(H,49,50). The molecule has 0 saturated carbocycles. The number of carboxylic acid groups (broad SMARTS) is 1. The zero-order valence-electron chi connectivity index (χ0n) is 31.2. The van der Waals surface area contributed by atoms with Gasteiger partial charge in [-0.15, -0.1) is 0 Å². The number of aliphatic hydroxyl groups excluding tert-OH is 1. The molecule has 0 radical (unpaired) electrons. The number of Topliss-reactive ketones (excluding diaryl/α,β-unsaturated/α-hetero) is 1. The first kappa shape index (κ1) is 45.0. The summed E-state index contributed by atoms with van der Waals surface area (Å²) in [6.07, 6.45) is 2.49. The number of rotatable bonds is 23. The molecule has 0 aromatic carbocycles. The van der Waals surface area contributed by atoms with Crippen molar-refractivity contribution >= 4 is 59.0 Å². The minimum atomic E-state index is -1.61. The van der Waals surface area contributed by atoms with Gasteiger partial charge in [0, 0.05) is 38.1 Å². The molecule has 1 saturated heterocycles. The smallest absolute Gasteiger partial charge is 0.303 e. The second-order valence-corrected chi connectivity index (χ2v) is 13.8. The number of carbonyl (C=O) groups excluding carboxylic acids is 9. The highest BCUT2D eigenvalue weighted by Gasteiger charge is 2.39. The molecule has 2 aliphatic rings. The number of carbonyl (C=O) groups is 10. The van der Waals surface area contributed by atoms with Crippen LogP contribution in [0.15, 0.2) is 12.2 Å². The molecule has 8 amide bonds. The first-order valence-corrected chi connectivity index (χ1v) is 18.1. The van der Waals surface area contributed by atoms with Gasteiger partial charge in [-0.3, -0.25) is 52.8 Å². The number of likely N-dealkylation sites (tertiary alicyclic amines) is 1. The van der Waals surface area contributed by atoms with Gasteiger partial charge in [0.25, 0.3) is 11.8 Å². The third-order valence-electron chi connectivity index (χ3n) is 8.67. The summed E-state index contributed by atoms with van der Waals surface area (Å²) in [5.74, 6) is -6.67. The molecule has 0 aliphatic carbocycles. The molecule has 54 heavy (non-hydrogen) atoms. The van der Waals surface area contributed by atoms with Crippen LogP contribution < -0.4 is 26.6 Å². The van der Waals surface area contributed by atoms with Gasteiger partial charge in [-0.1, -0.05) is 20.3 Å². The number of hydrogen-bond acceptors (Lipinski definition) is 11. The van der Waals surface area contributed by atoms with Gasteiger partial charge in [0.2, 0.25) is 35.4 Å². The van der Waals surface area contributed by atoms with Crippen molar-refractivity contribution in [2.45, 2.75) is 116 Å². The number of carboxylic acids is 1. The van der Waals surface area contributed by atoms with Crippen LogP contribution in [0.5, 0.6) is 0 Å². The van der Waals surface area contributed by atoms with E-state index in [2.05, 4.69) is 26.6 Å². The van der Waals surface area contributed by atoms with Gasteiger partial charge in [-0.05, 0) is 58.3 Å². The van der Waals surface area contributed by atoms with Gasteiger partial charge >= 0.3 is 5.97 Å². The lowest BCUT2D eigenvalue weighted by Gasteiger charge is -2.31. The SMILES string of the molecule is CC(=O)CNC(=O)CNC(=O)C(NC(=O)C(CCC(=O)O)NC(=O)C1CCCN1C(=O)C(CC(C)C)NC(=O)CCCCCN1C(=O)C=CC1=O)C(C)O. The Balaban J connectivity index is 2.06. The number of imide groups is 1. The minimum absolute atomic E-state index is 0.0173. The zero-order valence-corrected chi connectivity index (χ0v) is 31.2. The molecule has 0 spiro atoms. The molecular weight excluding hydrogens is 710 g/mol. The van der Waals surface area contributed by atoms with Crippen LogP contribution >= 0.6 is 0 Å². The van der Waals surface area contributed by atoms with Gasteiger partial charge in [-0.2, -0.15) is 0 Å². The van der Waals surface area contributed by atoms with Gasteiger partial charge in [0.15, 0.2) is 0 Å². The fourth-order valence-electron chi connectivity index (χ4n) is 5.87. The van der Waals surface area contributed by atoms with Crippen LogP contribution in [0, 0.1) is 5.92 Å². The summed E-state index contributed by atoms with van der Waals surface area (Å²) in [6.45, 7) is 5.76. The second kappa shape index (κ2) is 22.1. The van der Waals surface area contributed by atoms with E-state index in [0.717, 1.165) is 4.90 Å². The number of aliphatic carboxylic acids is 1. The van der Waals surface area contributed by atoms with Crippen LogP contribution in [0.4, 0.5) is 0 Å². The molecule has 2 aliphatic heterocycles. The van der Waals surface area contributed by atoms with Crippen LogP contribution in [0.3, 0.4) is 0 Å². The average Bonchev–Trinajstić information content (AvgIpc) is 3.71. The summed E-state index contributed by atoms with van der Waals surface area (Å²) < 4.78 is 0. The number of nitrogens with one attached hydrogen (secondary N) is 5. The molecule has 2 rings (SSSR count). The normalized spacial score (nSPS) is 17.4. The number of nitrogens with zero attached hydrogens (tertiary/aromatic N) is 2. The second-order valence-electron chi connectivity index (χ2n) is 13.8. The van der Waals surface area contributed by atoms with Crippen LogP contribution in [0.2, 0.25) is 0 Å². The van der Waals surface area contributed by atoms with Crippen molar-refractivity contribution in [3.05, 3.63) is 12.2 Å². The monoisotopic (exact) mass is 763 g/mol. The highest BCUT2D eigenvalue weighted by molar-refractivity contribution is 6.12. The summed E-state index contributed by atoms with van der Waals surface area (Å²) in [5, 5.41) is 31.6. The number of hydrogen-bond donors (Lipinski definition) is 7. The lowest BCUT2D eigenvalue weighted by Crippen LogP contribution is -2.60. The maximum atomic E-state index is 13.8. The third-order valence-corrected chi connectivity index (χ3v) is 8.67. The molecule has 0 bridgehead atoms. The topological polar surface area (TPSA) is 278 Å². The van der Waals surface area contributed by atoms with Gasteiger partial charge < -0.3 is 41.7 Å². The summed E-state index contributed by atoms with van der Waals surface area (Å²) in [7, 11) is 0. The van der Waals surface area contributed by atoms with Crippen molar-refractivity contribution in [1.82, 2.24) is 36.4 Å². The van der Waals surface area contributed by atoms with Crippen LogP contribution in [0.25, 0.3) is 0 Å². The maximum absolute atomic E-state index is 13.8. The Hall–Kier alpha value is -5.20. The quantitative estimate of drug-likeness (QED) is 0.0441. The van der Waals surface area contributed by atoms with E-state index in [0.29, 0.717) is 25.7 Å². The average molecular weight is 764 g/mol. The van der Waals surface area contributed by atoms with Crippen LogP contribution in [-0.2, 0) is 47.9 Å². The molecule has 19 heteroatoms. The van der Waals surface area contributed by atoms with E-state index in [1.165, 1.54) is 30.9 Å². The van der Waals surface area contributed by atoms with E-state index in [9.17, 15) is 58.2 Å². The summed E-state index contributed by atoms with van der Waals surface area (Å²) in [6, 6.07) is -5.12. The van der Waals surface area contributed by atoms with Crippen molar-refractivity contribution in [3.8, 4) is 0 Å². The Morgan fingerprint density at radius 2 is 1.48 bits per heavy atom. The van der Waals surface area contributed by atoms with E-state index >= 15 is 0 Å². The van der Waals surface area contributed by atoms with Crippen molar-refractivity contribution < 1.29 is 58.2 Å². The Kier molecular flexibility index (Phi) is 18.4. The van der Waals surface area contributed by atoms with E-state index in [1.54, 1.807) is 0 Å². The number of amides is 8. The molecule has 7 N–H and O–H groups in total. The number of aliphatic hydroxyl groups is 1. The van der Waals surface area contributed by atoms with Crippen LogP contribution in [0.1, 0.15) is 85.5 Å². The van der Waals surface area contributed by atoms with E-state index < -0.39 is 85.2 Å². The van der Waals surface area contributed by atoms with Crippen molar-refractivity contribution in [1.29, 1.82) is 0 Å². The van der Waals surface area contributed by atoms with Gasteiger partial charge in [0.05, 0.1) is 19.2 Å². The predicted octanol–water partition coefficient (Wildman–Crippen LogP) is -1.97. The van der Waals surface area contributed by atoms with E-state index in [-0.39, 0.29) is 68.3 Å². The van der Waals surface area contributed by atoms with E-state index in [1.807, 2.05) is 13.8 Å². The van der Waals surface area contributed by atoms with Gasteiger partial charge in [-0.25, -0.2) is 0 Å². The largest absolute Gasteiger partial charge is 0.481 e. The van der Waals surface area contributed by atoms with E-state index in [4.69, 9.17) is 0 Å². The predicted molar refractivity (Wildman–Crippen MR) is 190 cm³/mol. The molecule has 19 nitrogen and oxygen atoms in total. The molecule has 5 atom stereocenters. The molecule has 5 unspecified atom stereocenters. The first-order chi connectivity index (χ1) is 25.4. The summed E-state index contributed by atoms with van der Waals surface area (Å²) >= 11 is 0. The highest BCUT2D eigenvalue weighted by atomic mass is 16.4. The van der Waals surface area contributed by atoms with Gasteiger partial charge in [0.1, 0.15) is 30.0 Å². The fourth-order valence-corrected chi connectivity index (χ4v) is 5.87. The highest BCUT2D eigenvalue weighted by Crippen LogP contribution is 2.21. The fraction of sp³-hybridized carbons (Fsp3) is 0.657. The maximum Gasteiger partial charge on any atom is 0.303 e. The molecule has 0 aromatic heterocycles. The lowest BCUT2D eigenvalue weighted by molar-refractivity contribution is -0.143. The summed E-state index contributed by atoms with van der Waals surface area (Å²) in [5.41, 5.74) is 0. The van der Waals surface area contributed by atoms with Crippen LogP contribution in [-0.4, -0.2) is 135 Å². The molecular formula is C35H53N7O12. The number of unbranched alkanes of at least 4 members (excludes halogenated alkanes) is 2. The first-order valence-electron chi connectivity index (χ1n) is 18.1. The molecule has 0 aromatic rings. The molecule has 1 fully saturated rings. The number of ketones is 1. The molecule has 300 valence electrons. The summed E-state index contributed by atoms with van der Waals surface area (Å²) in [4.78, 5) is 127. The van der Waals surface area contributed by atoms with Crippen molar-refractivity contribution in [3.63, 3.8) is 0 Å². The Morgan fingerprint density at radius 3 is 2.07 bits per heavy atom. The molecule has 2 heterocycles. The Labute approximate surface area is 313 Å². The zero-order chi connectivity index (χ0) is 40.5. The Morgan fingerprint density at radius 1 is 0.815 bits per heavy atom. The van der Waals surface area contributed by atoms with Crippen molar-refractivity contribution in [2.75, 3.05) is 26.2 Å². The third kappa shape index (κ3) is 15.0. The lowest BCUT2D eigenvalue weighted by atomic mass is 10.0.